The van der Waals surface area contributed by atoms with E-state index < -0.39 is 0 Å². The number of benzene rings is 1. The largest absolute Gasteiger partial charge is 0.469 e. The van der Waals surface area contributed by atoms with Gasteiger partial charge in [-0.25, -0.2) is 0 Å². The Morgan fingerprint density at radius 2 is 2.20 bits per heavy atom. The Bertz CT molecular complexity index is 620. The summed E-state index contributed by atoms with van der Waals surface area (Å²) in [7, 11) is 0. The highest BCUT2D eigenvalue weighted by Gasteiger charge is 2.23. The molecule has 1 aromatic heterocycles. The minimum atomic E-state index is 0.321. The van der Waals surface area contributed by atoms with Gasteiger partial charge in [-0.3, -0.25) is 0 Å². The maximum atomic E-state index is 5.54. The molecular formula is C16H17NO3. The Morgan fingerprint density at radius 3 is 3.20 bits per heavy atom. The van der Waals surface area contributed by atoms with Crippen LogP contribution in [0.25, 0.3) is 0 Å². The van der Waals surface area contributed by atoms with Gasteiger partial charge in [-0.15, -0.1) is 0 Å². The average Bonchev–Trinajstić information content (AvgIpc) is 3.13. The van der Waals surface area contributed by atoms with Crippen LogP contribution in [0.2, 0.25) is 0 Å². The van der Waals surface area contributed by atoms with Gasteiger partial charge in [-0.2, -0.15) is 0 Å². The van der Waals surface area contributed by atoms with Gasteiger partial charge in [0.2, 0.25) is 6.79 Å². The molecule has 2 heterocycles. The predicted octanol–water partition coefficient (Wildman–Crippen LogP) is 3.18. The first-order chi connectivity index (χ1) is 9.92. The molecule has 0 amide bonds. The number of rotatable bonds is 3. The van der Waals surface area contributed by atoms with Crippen molar-refractivity contribution in [3.63, 3.8) is 0 Å². The topological polar surface area (TPSA) is 43.6 Å². The Morgan fingerprint density at radius 1 is 1.20 bits per heavy atom. The third kappa shape index (κ3) is 1.96. The molecule has 1 aliphatic heterocycles. The van der Waals surface area contributed by atoms with Gasteiger partial charge in [0.05, 0.1) is 6.26 Å². The van der Waals surface area contributed by atoms with Gasteiger partial charge in [0.15, 0.2) is 11.5 Å². The molecule has 0 saturated carbocycles. The van der Waals surface area contributed by atoms with E-state index in [1.807, 2.05) is 12.1 Å². The van der Waals surface area contributed by atoms with E-state index in [0.29, 0.717) is 12.8 Å². The predicted molar refractivity (Wildman–Crippen MR) is 73.8 cm³/mol. The van der Waals surface area contributed by atoms with Crippen molar-refractivity contribution >= 4 is 0 Å². The molecule has 4 rings (SSSR count). The highest BCUT2D eigenvalue weighted by atomic mass is 16.7. The normalized spacial score (nSPS) is 19.9. The maximum absolute atomic E-state index is 5.54. The van der Waals surface area contributed by atoms with Crippen LogP contribution in [0.15, 0.2) is 34.9 Å². The molecule has 104 valence electrons. The summed E-state index contributed by atoms with van der Waals surface area (Å²) in [5.41, 5.74) is 2.46. The zero-order chi connectivity index (χ0) is 13.4. The fourth-order valence-corrected chi connectivity index (χ4v) is 3.06. The van der Waals surface area contributed by atoms with Crippen LogP contribution >= 0.6 is 0 Å². The van der Waals surface area contributed by atoms with Crippen LogP contribution < -0.4 is 14.8 Å². The molecule has 1 unspecified atom stereocenters. The first-order valence-corrected chi connectivity index (χ1v) is 7.09. The fraction of sp³-hybridized carbons (Fsp3) is 0.375. The van der Waals surface area contributed by atoms with Crippen LogP contribution in [0.4, 0.5) is 0 Å². The molecule has 20 heavy (non-hydrogen) atoms. The lowest BCUT2D eigenvalue weighted by Crippen LogP contribution is -2.24. The molecule has 4 nitrogen and oxygen atoms in total. The highest BCUT2D eigenvalue weighted by molar-refractivity contribution is 5.48. The second-order valence-electron chi connectivity index (χ2n) is 5.28. The summed E-state index contributed by atoms with van der Waals surface area (Å²) in [6.45, 7) is 1.10. The first-order valence-electron chi connectivity index (χ1n) is 7.09. The van der Waals surface area contributed by atoms with E-state index >= 15 is 0 Å². The van der Waals surface area contributed by atoms with Crippen LogP contribution in [-0.2, 0) is 13.0 Å². The van der Waals surface area contributed by atoms with E-state index in [-0.39, 0.29) is 0 Å². The lowest BCUT2D eigenvalue weighted by molar-refractivity contribution is 0.173. The molecule has 0 saturated heterocycles. The summed E-state index contributed by atoms with van der Waals surface area (Å²) in [5, 5.41) is 3.61. The SMILES string of the molecule is c1cc(CNC2CCCc3occc32)c2c(c1)OCO2. The fourth-order valence-electron chi connectivity index (χ4n) is 3.06. The number of hydrogen-bond acceptors (Lipinski definition) is 4. The summed E-state index contributed by atoms with van der Waals surface area (Å²) in [6.07, 6.45) is 5.17. The average molecular weight is 271 g/mol. The van der Waals surface area contributed by atoms with E-state index in [2.05, 4.69) is 17.4 Å². The molecule has 2 aromatic rings. The molecule has 1 aliphatic carbocycles. The van der Waals surface area contributed by atoms with E-state index in [1.165, 1.54) is 12.0 Å². The molecule has 4 heteroatoms. The van der Waals surface area contributed by atoms with Gasteiger partial charge in [0.1, 0.15) is 5.76 Å². The Labute approximate surface area is 117 Å². The molecule has 0 bridgehead atoms. The molecule has 1 aromatic carbocycles. The van der Waals surface area contributed by atoms with Crippen LogP contribution in [-0.4, -0.2) is 6.79 Å². The summed E-state index contributed by atoms with van der Waals surface area (Å²) >= 11 is 0. The maximum Gasteiger partial charge on any atom is 0.231 e. The van der Waals surface area contributed by atoms with Gasteiger partial charge < -0.3 is 19.2 Å². The monoisotopic (exact) mass is 271 g/mol. The number of ether oxygens (including phenoxy) is 2. The summed E-state index contributed by atoms with van der Waals surface area (Å²) in [6, 6.07) is 8.49. The lowest BCUT2D eigenvalue weighted by atomic mass is 9.93. The molecule has 0 radical (unpaired) electrons. The Kier molecular flexibility index (Phi) is 2.89. The third-order valence-electron chi connectivity index (χ3n) is 4.07. The lowest BCUT2D eigenvalue weighted by Gasteiger charge is -2.23. The van der Waals surface area contributed by atoms with Crippen molar-refractivity contribution < 1.29 is 13.9 Å². The minimum Gasteiger partial charge on any atom is -0.469 e. The smallest absolute Gasteiger partial charge is 0.231 e. The molecule has 2 aliphatic rings. The number of fused-ring (bicyclic) bond motifs is 2. The van der Waals surface area contributed by atoms with Crippen LogP contribution in [0.3, 0.4) is 0 Å². The minimum absolute atomic E-state index is 0.321. The third-order valence-corrected chi connectivity index (χ3v) is 4.07. The van der Waals surface area contributed by atoms with Crippen molar-refractivity contribution in [3.8, 4) is 11.5 Å². The van der Waals surface area contributed by atoms with Crippen LogP contribution in [0.5, 0.6) is 11.5 Å². The summed E-state index contributed by atoms with van der Waals surface area (Å²) in [5.74, 6) is 2.85. The number of para-hydroxylation sites is 1. The van der Waals surface area contributed by atoms with E-state index in [1.54, 1.807) is 6.26 Å². The van der Waals surface area contributed by atoms with Gasteiger partial charge in [0, 0.05) is 30.1 Å². The second-order valence-corrected chi connectivity index (χ2v) is 5.28. The number of aryl methyl sites for hydroxylation is 1. The summed E-state index contributed by atoms with van der Waals surface area (Å²) in [4.78, 5) is 0. The number of nitrogens with one attached hydrogen (secondary N) is 1. The quantitative estimate of drug-likeness (QED) is 0.931. The zero-order valence-electron chi connectivity index (χ0n) is 11.2. The number of hydrogen-bond donors (Lipinski definition) is 1. The second kappa shape index (κ2) is 4.87. The van der Waals surface area contributed by atoms with Crippen LogP contribution in [0, 0.1) is 0 Å². The standard InChI is InChI=1S/C16H17NO3/c1-3-11(16-15(6-1)19-10-20-16)9-17-13-4-2-5-14-12(13)7-8-18-14/h1,3,6-8,13,17H,2,4-5,9-10H2. The summed E-state index contributed by atoms with van der Waals surface area (Å²) < 4.78 is 16.5. The van der Waals surface area contributed by atoms with Crippen molar-refractivity contribution in [1.29, 1.82) is 0 Å². The molecule has 0 spiro atoms. The van der Waals surface area contributed by atoms with E-state index in [0.717, 1.165) is 42.2 Å². The zero-order valence-corrected chi connectivity index (χ0v) is 11.2. The first kappa shape index (κ1) is 11.9. The van der Waals surface area contributed by atoms with Gasteiger partial charge in [-0.1, -0.05) is 12.1 Å². The molecular weight excluding hydrogens is 254 g/mol. The highest BCUT2D eigenvalue weighted by Crippen LogP contribution is 2.36. The molecule has 0 fully saturated rings. The van der Waals surface area contributed by atoms with Crippen molar-refractivity contribution in [2.45, 2.75) is 31.8 Å². The van der Waals surface area contributed by atoms with Crippen molar-refractivity contribution in [3.05, 3.63) is 47.4 Å². The van der Waals surface area contributed by atoms with Gasteiger partial charge >= 0.3 is 0 Å². The van der Waals surface area contributed by atoms with Crippen molar-refractivity contribution in [2.75, 3.05) is 6.79 Å². The Hall–Kier alpha value is -1.94. The van der Waals surface area contributed by atoms with Crippen molar-refractivity contribution in [2.24, 2.45) is 0 Å². The van der Waals surface area contributed by atoms with Crippen LogP contribution in [0.1, 0.15) is 35.8 Å². The van der Waals surface area contributed by atoms with Gasteiger partial charge in [0.25, 0.3) is 0 Å². The number of furan rings is 1. The van der Waals surface area contributed by atoms with Crippen molar-refractivity contribution in [1.82, 2.24) is 5.32 Å². The van der Waals surface area contributed by atoms with Gasteiger partial charge in [-0.05, 0) is 25.0 Å². The van der Waals surface area contributed by atoms with E-state index in [4.69, 9.17) is 13.9 Å². The molecule has 1 N–H and O–H groups in total. The molecule has 1 atom stereocenters. The Balaban J connectivity index is 1.51. The van der Waals surface area contributed by atoms with E-state index in [9.17, 15) is 0 Å².